The van der Waals surface area contributed by atoms with Crippen molar-refractivity contribution in [2.45, 2.75) is 13.5 Å². The summed E-state index contributed by atoms with van der Waals surface area (Å²) < 4.78 is 0. The highest BCUT2D eigenvalue weighted by Gasteiger charge is 2.03. The lowest BCUT2D eigenvalue weighted by Crippen LogP contribution is -2.22. The van der Waals surface area contributed by atoms with Gasteiger partial charge in [-0.2, -0.15) is 0 Å². The van der Waals surface area contributed by atoms with E-state index in [9.17, 15) is 0 Å². The van der Waals surface area contributed by atoms with Gasteiger partial charge < -0.3 is 15.7 Å². The molecule has 0 unspecified atom stereocenters. The molecule has 0 saturated heterocycles. The highest BCUT2D eigenvalue weighted by Crippen LogP contribution is 2.12. The number of aliphatic hydroxyl groups is 1. The van der Waals surface area contributed by atoms with Crippen LogP contribution < -0.4 is 10.6 Å². The van der Waals surface area contributed by atoms with E-state index in [0.717, 1.165) is 17.1 Å². The van der Waals surface area contributed by atoms with Crippen molar-refractivity contribution < 1.29 is 5.11 Å². The SMILES string of the molecule is Cc1cc(CN)cc(N(C)CCO)n1. The third-order valence-corrected chi connectivity index (χ3v) is 2.06. The number of hydrogen-bond acceptors (Lipinski definition) is 4. The molecule has 0 aliphatic carbocycles. The second kappa shape index (κ2) is 4.93. The van der Waals surface area contributed by atoms with Crippen LogP contribution in [0.25, 0.3) is 0 Å². The molecule has 0 amide bonds. The summed E-state index contributed by atoms with van der Waals surface area (Å²) in [6, 6.07) is 3.92. The van der Waals surface area contributed by atoms with Crippen LogP contribution in [0.5, 0.6) is 0 Å². The number of pyridine rings is 1. The number of likely N-dealkylation sites (N-methyl/N-ethyl adjacent to an activating group) is 1. The maximum Gasteiger partial charge on any atom is 0.128 e. The lowest BCUT2D eigenvalue weighted by atomic mass is 10.2. The molecule has 0 radical (unpaired) electrons. The summed E-state index contributed by atoms with van der Waals surface area (Å²) in [6.07, 6.45) is 0. The second-order valence-electron chi connectivity index (χ2n) is 3.32. The van der Waals surface area contributed by atoms with Crippen LogP contribution in [0.1, 0.15) is 11.3 Å². The molecule has 3 N–H and O–H groups in total. The molecule has 0 bridgehead atoms. The Balaban J connectivity index is 2.90. The fraction of sp³-hybridized carbons (Fsp3) is 0.500. The first-order chi connectivity index (χ1) is 6.67. The smallest absolute Gasteiger partial charge is 0.128 e. The van der Waals surface area contributed by atoms with Crippen molar-refractivity contribution >= 4 is 5.82 Å². The molecule has 0 spiro atoms. The van der Waals surface area contributed by atoms with Crippen molar-refractivity contribution in [1.82, 2.24) is 4.98 Å². The first-order valence-corrected chi connectivity index (χ1v) is 4.67. The molecule has 1 aromatic rings. The average Bonchev–Trinajstić information content (AvgIpc) is 2.17. The molecule has 4 heteroatoms. The molecule has 0 fully saturated rings. The normalized spacial score (nSPS) is 10.3. The largest absolute Gasteiger partial charge is 0.395 e. The quantitative estimate of drug-likeness (QED) is 0.724. The third kappa shape index (κ3) is 2.68. The monoisotopic (exact) mass is 195 g/mol. The Kier molecular flexibility index (Phi) is 3.85. The van der Waals surface area contributed by atoms with Crippen molar-refractivity contribution in [2.75, 3.05) is 25.1 Å². The molecule has 0 aromatic carbocycles. The van der Waals surface area contributed by atoms with Crippen molar-refractivity contribution in [1.29, 1.82) is 0 Å². The van der Waals surface area contributed by atoms with E-state index in [-0.39, 0.29) is 6.61 Å². The summed E-state index contributed by atoms with van der Waals surface area (Å²) in [5, 5.41) is 8.80. The van der Waals surface area contributed by atoms with Gasteiger partial charge in [0.15, 0.2) is 0 Å². The van der Waals surface area contributed by atoms with E-state index >= 15 is 0 Å². The van der Waals surface area contributed by atoms with Gasteiger partial charge in [0.2, 0.25) is 0 Å². The van der Waals surface area contributed by atoms with E-state index in [2.05, 4.69) is 4.98 Å². The molecule has 1 heterocycles. The number of aryl methyl sites for hydroxylation is 1. The van der Waals surface area contributed by atoms with Gasteiger partial charge in [0.1, 0.15) is 5.82 Å². The van der Waals surface area contributed by atoms with E-state index in [1.807, 2.05) is 31.0 Å². The zero-order chi connectivity index (χ0) is 10.6. The Morgan fingerprint density at radius 1 is 1.50 bits per heavy atom. The molecule has 0 aliphatic rings. The highest BCUT2D eigenvalue weighted by molar-refractivity contribution is 5.41. The number of nitrogens with zero attached hydrogens (tertiary/aromatic N) is 2. The summed E-state index contributed by atoms with van der Waals surface area (Å²) in [5.74, 6) is 0.861. The van der Waals surface area contributed by atoms with Crippen molar-refractivity contribution in [3.8, 4) is 0 Å². The molecule has 1 rings (SSSR count). The number of hydrogen-bond donors (Lipinski definition) is 2. The van der Waals surface area contributed by atoms with Gasteiger partial charge in [-0.05, 0) is 24.6 Å². The molecule has 0 aliphatic heterocycles. The number of aliphatic hydroxyl groups excluding tert-OH is 1. The van der Waals surface area contributed by atoms with Crippen LogP contribution in [0.2, 0.25) is 0 Å². The highest BCUT2D eigenvalue weighted by atomic mass is 16.3. The van der Waals surface area contributed by atoms with E-state index in [1.165, 1.54) is 0 Å². The first-order valence-electron chi connectivity index (χ1n) is 4.67. The molecule has 0 atom stereocenters. The number of nitrogens with two attached hydrogens (primary N) is 1. The predicted molar refractivity (Wildman–Crippen MR) is 57.2 cm³/mol. The number of aromatic nitrogens is 1. The Morgan fingerprint density at radius 3 is 2.79 bits per heavy atom. The van der Waals surface area contributed by atoms with Gasteiger partial charge in [0, 0.05) is 25.8 Å². The minimum atomic E-state index is 0.129. The van der Waals surface area contributed by atoms with Crippen molar-refractivity contribution in [2.24, 2.45) is 5.73 Å². The van der Waals surface area contributed by atoms with Crippen LogP contribution in [0.15, 0.2) is 12.1 Å². The van der Waals surface area contributed by atoms with Gasteiger partial charge in [0.05, 0.1) is 6.61 Å². The lowest BCUT2D eigenvalue weighted by molar-refractivity contribution is 0.304. The maximum atomic E-state index is 8.80. The van der Waals surface area contributed by atoms with Gasteiger partial charge in [-0.1, -0.05) is 0 Å². The van der Waals surface area contributed by atoms with Gasteiger partial charge in [-0.25, -0.2) is 4.98 Å². The van der Waals surface area contributed by atoms with E-state index in [1.54, 1.807) is 0 Å². The van der Waals surface area contributed by atoms with Crippen molar-refractivity contribution in [3.63, 3.8) is 0 Å². The summed E-state index contributed by atoms with van der Waals surface area (Å²) in [7, 11) is 1.90. The van der Waals surface area contributed by atoms with Gasteiger partial charge >= 0.3 is 0 Å². The maximum absolute atomic E-state index is 8.80. The minimum Gasteiger partial charge on any atom is -0.395 e. The Labute approximate surface area is 84.4 Å². The van der Waals surface area contributed by atoms with Crippen LogP contribution in [0.4, 0.5) is 5.82 Å². The zero-order valence-corrected chi connectivity index (χ0v) is 8.70. The summed E-state index contributed by atoms with van der Waals surface area (Å²) in [5.41, 5.74) is 7.58. The first kappa shape index (κ1) is 10.9. The molecule has 4 nitrogen and oxygen atoms in total. The van der Waals surface area contributed by atoms with E-state index in [0.29, 0.717) is 13.1 Å². The third-order valence-electron chi connectivity index (χ3n) is 2.06. The fourth-order valence-electron chi connectivity index (χ4n) is 1.30. The standard InChI is InChI=1S/C10H17N3O/c1-8-5-9(7-11)6-10(12-8)13(2)3-4-14/h5-6,14H,3-4,7,11H2,1-2H3. The van der Waals surface area contributed by atoms with Crippen LogP contribution >= 0.6 is 0 Å². The minimum absolute atomic E-state index is 0.129. The number of rotatable bonds is 4. The molecule has 0 saturated carbocycles. The number of anilines is 1. The zero-order valence-electron chi connectivity index (χ0n) is 8.70. The Hall–Kier alpha value is -1.13. The molecular weight excluding hydrogens is 178 g/mol. The molecule has 1 aromatic heterocycles. The summed E-state index contributed by atoms with van der Waals surface area (Å²) in [6.45, 7) is 3.17. The van der Waals surface area contributed by atoms with Gasteiger partial charge in [-0.3, -0.25) is 0 Å². The van der Waals surface area contributed by atoms with Crippen LogP contribution in [-0.4, -0.2) is 30.3 Å². The fourth-order valence-corrected chi connectivity index (χ4v) is 1.30. The predicted octanol–water partition coefficient (Wildman–Crippen LogP) is 0.277. The Bertz CT molecular complexity index is 301. The van der Waals surface area contributed by atoms with Crippen LogP contribution in [-0.2, 0) is 6.54 Å². The molecule has 78 valence electrons. The summed E-state index contributed by atoms with van der Waals surface area (Å²) in [4.78, 5) is 6.27. The molecule has 14 heavy (non-hydrogen) atoms. The lowest BCUT2D eigenvalue weighted by Gasteiger charge is -2.17. The summed E-state index contributed by atoms with van der Waals surface area (Å²) >= 11 is 0. The second-order valence-corrected chi connectivity index (χ2v) is 3.32. The Morgan fingerprint density at radius 2 is 2.21 bits per heavy atom. The van der Waals surface area contributed by atoms with E-state index < -0.39 is 0 Å². The van der Waals surface area contributed by atoms with Crippen molar-refractivity contribution in [3.05, 3.63) is 23.4 Å². The molecular formula is C10H17N3O. The van der Waals surface area contributed by atoms with Gasteiger partial charge in [0.25, 0.3) is 0 Å². The van der Waals surface area contributed by atoms with Crippen LogP contribution in [0.3, 0.4) is 0 Å². The van der Waals surface area contributed by atoms with E-state index in [4.69, 9.17) is 10.8 Å². The average molecular weight is 195 g/mol. The van der Waals surface area contributed by atoms with Gasteiger partial charge in [-0.15, -0.1) is 0 Å². The van der Waals surface area contributed by atoms with Crippen LogP contribution in [0, 0.1) is 6.92 Å². The topological polar surface area (TPSA) is 62.4 Å².